The van der Waals surface area contributed by atoms with Crippen molar-refractivity contribution in [3.8, 4) is 5.75 Å². The maximum absolute atomic E-state index is 12.4. The van der Waals surface area contributed by atoms with Gasteiger partial charge in [-0.3, -0.25) is 4.79 Å². The zero-order chi connectivity index (χ0) is 21.7. The number of benzene rings is 2. The van der Waals surface area contributed by atoms with Crippen LogP contribution in [0.1, 0.15) is 29.9 Å². The van der Waals surface area contributed by atoms with Crippen LogP contribution in [-0.4, -0.2) is 27.8 Å². The Balaban J connectivity index is 1.59. The molecule has 3 rings (SSSR count). The summed E-state index contributed by atoms with van der Waals surface area (Å²) in [5, 5.41) is 13.5. The predicted octanol–water partition coefficient (Wildman–Crippen LogP) is 4.84. The Bertz CT molecular complexity index is 1020. The van der Waals surface area contributed by atoms with Crippen molar-refractivity contribution in [2.75, 3.05) is 7.11 Å². The molecular weight excluding hydrogens is 443 g/mol. The van der Waals surface area contributed by atoms with Crippen LogP contribution in [0, 0.1) is 0 Å². The Morgan fingerprint density at radius 1 is 1.20 bits per heavy atom. The summed E-state index contributed by atoms with van der Waals surface area (Å²) in [5.41, 5.74) is 1.88. The van der Waals surface area contributed by atoms with Crippen LogP contribution in [0.2, 0.25) is 10.0 Å². The summed E-state index contributed by atoms with van der Waals surface area (Å²) < 4.78 is 7.02. The minimum Gasteiger partial charge on any atom is -0.497 e. The van der Waals surface area contributed by atoms with Crippen LogP contribution in [0.15, 0.2) is 47.6 Å². The number of hydrogen-bond donors (Lipinski definition) is 1. The number of ether oxygens (including phenoxy) is 1. The molecule has 0 aliphatic carbocycles. The Hall–Kier alpha value is -2.22. The number of methoxy groups -OCH3 is 1. The molecule has 1 aromatic heterocycles. The molecule has 0 aliphatic heterocycles. The number of hydrogen-bond acceptors (Lipinski definition) is 5. The summed E-state index contributed by atoms with van der Waals surface area (Å²) in [6.07, 6.45) is 0.281. The molecule has 9 heteroatoms. The summed E-state index contributed by atoms with van der Waals surface area (Å²) in [5.74, 6) is 2.00. The van der Waals surface area contributed by atoms with Crippen molar-refractivity contribution in [3.63, 3.8) is 0 Å². The number of carbonyl (C=O) groups excluding carboxylic acids is 1. The molecule has 0 bridgehead atoms. The van der Waals surface area contributed by atoms with Crippen molar-refractivity contribution in [2.45, 2.75) is 30.3 Å². The van der Waals surface area contributed by atoms with E-state index in [1.165, 1.54) is 11.8 Å². The van der Waals surface area contributed by atoms with Gasteiger partial charge >= 0.3 is 0 Å². The van der Waals surface area contributed by atoms with Gasteiger partial charge in [-0.15, -0.1) is 10.2 Å². The van der Waals surface area contributed by atoms with Gasteiger partial charge in [0.1, 0.15) is 5.75 Å². The number of nitrogens with zero attached hydrogens (tertiary/aromatic N) is 3. The van der Waals surface area contributed by atoms with Crippen molar-refractivity contribution in [1.29, 1.82) is 0 Å². The second-order valence-electron chi connectivity index (χ2n) is 6.74. The van der Waals surface area contributed by atoms with Gasteiger partial charge in [0.05, 0.1) is 19.6 Å². The van der Waals surface area contributed by atoms with E-state index in [9.17, 15) is 4.79 Å². The van der Waals surface area contributed by atoms with Crippen molar-refractivity contribution < 1.29 is 9.53 Å². The fourth-order valence-electron chi connectivity index (χ4n) is 2.90. The monoisotopic (exact) mass is 464 g/mol. The lowest BCUT2D eigenvalue weighted by molar-refractivity contribution is -0.121. The van der Waals surface area contributed by atoms with E-state index >= 15 is 0 Å². The topological polar surface area (TPSA) is 69.0 Å². The first kappa shape index (κ1) is 22.5. The van der Waals surface area contributed by atoms with Crippen molar-refractivity contribution in [3.05, 3.63) is 69.5 Å². The largest absolute Gasteiger partial charge is 0.497 e. The zero-order valence-corrected chi connectivity index (χ0v) is 19.2. The highest BCUT2D eigenvalue weighted by molar-refractivity contribution is 7.98. The average molecular weight is 465 g/mol. The number of rotatable bonds is 8. The van der Waals surface area contributed by atoms with Gasteiger partial charge in [0.15, 0.2) is 11.0 Å². The van der Waals surface area contributed by atoms with Crippen LogP contribution in [0.5, 0.6) is 5.75 Å². The minimum atomic E-state index is -0.276. The van der Waals surface area contributed by atoms with Gasteiger partial charge in [-0.2, -0.15) is 0 Å². The third-order valence-corrected chi connectivity index (χ3v) is 6.18. The number of amides is 1. The summed E-state index contributed by atoms with van der Waals surface area (Å²) >= 11 is 13.7. The maximum Gasteiger partial charge on any atom is 0.224 e. The Morgan fingerprint density at radius 3 is 2.60 bits per heavy atom. The quantitative estimate of drug-likeness (QED) is 0.482. The van der Waals surface area contributed by atoms with Crippen LogP contribution >= 0.6 is 35.0 Å². The Kier molecular flexibility index (Phi) is 7.64. The molecule has 1 atom stereocenters. The highest BCUT2D eigenvalue weighted by atomic mass is 35.5. The number of thioether (sulfide) groups is 1. The van der Waals surface area contributed by atoms with E-state index in [1.807, 2.05) is 54.9 Å². The average Bonchev–Trinajstić information content (AvgIpc) is 3.08. The number of halogens is 2. The van der Waals surface area contributed by atoms with Crippen molar-refractivity contribution >= 4 is 40.9 Å². The molecule has 3 aromatic rings. The zero-order valence-electron chi connectivity index (χ0n) is 16.9. The molecular formula is C21H22Cl2N4O2S. The molecule has 2 aromatic carbocycles. The fraction of sp³-hybridized carbons (Fsp3) is 0.286. The molecule has 30 heavy (non-hydrogen) atoms. The third kappa shape index (κ3) is 5.68. The van der Waals surface area contributed by atoms with Gasteiger partial charge in [0, 0.05) is 22.8 Å². The van der Waals surface area contributed by atoms with Crippen molar-refractivity contribution in [2.24, 2.45) is 7.05 Å². The predicted molar refractivity (Wildman–Crippen MR) is 120 cm³/mol. The first-order valence-corrected chi connectivity index (χ1v) is 11.0. The first-order chi connectivity index (χ1) is 14.4. The van der Waals surface area contributed by atoms with Gasteiger partial charge in [-0.25, -0.2) is 0 Å². The lowest BCUT2D eigenvalue weighted by Gasteiger charge is -2.14. The second kappa shape index (κ2) is 10.2. The highest BCUT2D eigenvalue weighted by Gasteiger charge is 2.18. The number of aromatic nitrogens is 3. The third-order valence-electron chi connectivity index (χ3n) is 4.53. The van der Waals surface area contributed by atoms with Gasteiger partial charge in [0.2, 0.25) is 5.91 Å². The molecule has 1 amide bonds. The Morgan fingerprint density at radius 2 is 1.93 bits per heavy atom. The normalized spacial score (nSPS) is 11.9. The van der Waals surface area contributed by atoms with Crippen LogP contribution in [0.25, 0.3) is 0 Å². The molecule has 158 valence electrons. The maximum atomic E-state index is 12.4. The SMILES string of the molecule is COc1ccc(CC(=O)N[C@H](C)c2nnc(SCc3ccc(Cl)cc3Cl)n2C)cc1. The fourth-order valence-corrected chi connectivity index (χ4v) is 4.37. The van der Waals surface area contributed by atoms with E-state index < -0.39 is 0 Å². The molecule has 6 nitrogen and oxygen atoms in total. The van der Waals surface area contributed by atoms with Gasteiger partial charge in [-0.1, -0.05) is 53.2 Å². The highest BCUT2D eigenvalue weighted by Crippen LogP contribution is 2.28. The molecule has 0 aliphatic rings. The van der Waals surface area contributed by atoms with Gasteiger partial charge in [0.25, 0.3) is 0 Å². The molecule has 0 fully saturated rings. The molecule has 1 heterocycles. The second-order valence-corrected chi connectivity index (χ2v) is 8.52. The molecule has 0 saturated carbocycles. The molecule has 1 N–H and O–H groups in total. The van der Waals surface area contributed by atoms with Crippen LogP contribution in [0.4, 0.5) is 0 Å². The van der Waals surface area contributed by atoms with E-state index in [-0.39, 0.29) is 18.4 Å². The lowest BCUT2D eigenvalue weighted by Crippen LogP contribution is -2.29. The molecule has 0 radical (unpaired) electrons. The smallest absolute Gasteiger partial charge is 0.224 e. The van der Waals surface area contributed by atoms with Crippen molar-refractivity contribution in [1.82, 2.24) is 20.1 Å². The van der Waals surface area contributed by atoms with Crippen LogP contribution in [-0.2, 0) is 24.0 Å². The number of nitrogens with one attached hydrogen (secondary N) is 1. The summed E-state index contributed by atoms with van der Waals surface area (Å²) in [4.78, 5) is 12.4. The first-order valence-electron chi connectivity index (χ1n) is 9.25. The lowest BCUT2D eigenvalue weighted by atomic mass is 10.1. The van der Waals surface area contributed by atoms with Crippen LogP contribution < -0.4 is 10.1 Å². The summed E-state index contributed by atoms with van der Waals surface area (Å²) in [6.45, 7) is 1.89. The molecule has 0 saturated heterocycles. The van der Waals surface area contributed by atoms with Gasteiger partial charge in [-0.05, 0) is 42.3 Å². The number of carbonyl (C=O) groups is 1. The Labute approximate surface area is 189 Å². The van der Waals surface area contributed by atoms with E-state index in [0.717, 1.165) is 22.0 Å². The molecule has 0 unspecified atom stereocenters. The van der Waals surface area contributed by atoms with E-state index in [0.29, 0.717) is 21.6 Å². The minimum absolute atomic E-state index is 0.0854. The molecule has 0 spiro atoms. The standard InChI is InChI=1S/C21H22Cl2N4O2S/c1-13(24-19(28)10-14-4-8-17(29-3)9-5-14)20-25-26-21(27(20)2)30-12-15-6-7-16(22)11-18(15)23/h4-9,11,13H,10,12H2,1-3H3,(H,24,28)/t13-/m1/s1. The van der Waals surface area contributed by atoms with E-state index in [1.54, 1.807) is 13.2 Å². The van der Waals surface area contributed by atoms with E-state index in [2.05, 4.69) is 15.5 Å². The summed E-state index contributed by atoms with van der Waals surface area (Å²) in [6, 6.07) is 12.6. The van der Waals surface area contributed by atoms with E-state index in [4.69, 9.17) is 27.9 Å². The summed E-state index contributed by atoms with van der Waals surface area (Å²) in [7, 11) is 3.49. The van der Waals surface area contributed by atoms with Gasteiger partial charge < -0.3 is 14.6 Å². The van der Waals surface area contributed by atoms with Crippen LogP contribution in [0.3, 0.4) is 0 Å².